The molecule has 0 bridgehead atoms. The third-order valence-corrected chi connectivity index (χ3v) is 3.71. The van der Waals surface area contributed by atoms with Crippen LogP contribution in [0.25, 0.3) is 0 Å². The van der Waals surface area contributed by atoms with E-state index in [0.29, 0.717) is 22.8 Å². The summed E-state index contributed by atoms with van der Waals surface area (Å²) in [7, 11) is 0. The van der Waals surface area contributed by atoms with Crippen LogP contribution in [0.2, 0.25) is 0 Å². The fraction of sp³-hybridized carbons (Fsp3) is 0. The van der Waals surface area contributed by atoms with Crippen LogP contribution in [0.4, 0.5) is 21.6 Å². The van der Waals surface area contributed by atoms with Gasteiger partial charge in [0.1, 0.15) is 11.6 Å². The number of carbonyl (C=O) groups is 1. The van der Waals surface area contributed by atoms with Gasteiger partial charge in [0.2, 0.25) is 0 Å². The van der Waals surface area contributed by atoms with Crippen molar-refractivity contribution in [1.29, 1.82) is 0 Å². The second kappa shape index (κ2) is 7.23. The summed E-state index contributed by atoms with van der Waals surface area (Å²) in [5.41, 5.74) is 1.85. The monoisotopic (exact) mass is 385 g/mol. The number of carbonyl (C=O) groups excluding carboxylic acids is 1. The lowest BCUT2D eigenvalue weighted by atomic mass is 10.2. The predicted octanol–water partition coefficient (Wildman–Crippen LogP) is 4.98. The van der Waals surface area contributed by atoms with Gasteiger partial charge in [0.25, 0.3) is 5.91 Å². The van der Waals surface area contributed by atoms with E-state index in [0.717, 1.165) is 4.47 Å². The first-order valence-corrected chi connectivity index (χ1v) is 7.95. The number of aromatic nitrogens is 1. The molecule has 0 aliphatic carbocycles. The highest BCUT2D eigenvalue weighted by atomic mass is 79.9. The number of nitrogens with zero attached hydrogens (tertiary/aromatic N) is 1. The molecular weight excluding hydrogens is 373 g/mol. The quantitative estimate of drug-likeness (QED) is 0.665. The third-order valence-electron chi connectivity index (χ3n) is 3.22. The highest BCUT2D eigenvalue weighted by Gasteiger charge is 2.08. The molecule has 1 aromatic heterocycles. The van der Waals surface area contributed by atoms with Crippen molar-refractivity contribution in [3.8, 4) is 0 Å². The minimum atomic E-state index is -0.310. The maximum Gasteiger partial charge on any atom is 0.255 e. The van der Waals surface area contributed by atoms with Crippen molar-refractivity contribution >= 4 is 39.0 Å². The van der Waals surface area contributed by atoms with Gasteiger partial charge in [0, 0.05) is 27.6 Å². The zero-order valence-corrected chi connectivity index (χ0v) is 14.0. The summed E-state index contributed by atoms with van der Waals surface area (Å²) in [6, 6.07) is 16.5. The summed E-state index contributed by atoms with van der Waals surface area (Å²) in [6.45, 7) is 0. The number of nitrogens with one attached hydrogen (secondary N) is 2. The molecule has 0 aliphatic heterocycles. The van der Waals surface area contributed by atoms with E-state index in [2.05, 4.69) is 31.5 Å². The molecule has 4 nitrogen and oxygen atoms in total. The van der Waals surface area contributed by atoms with E-state index < -0.39 is 0 Å². The lowest BCUT2D eigenvalue weighted by Crippen LogP contribution is -2.12. The average Bonchev–Trinajstić information content (AvgIpc) is 2.57. The molecule has 0 aliphatic rings. The van der Waals surface area contributed by atoms with Crippen molar-refractivity contribution in [2.45, 2.75) is 0 Å². The number of rotatable bonds is 4. The standard InChI is InChI=1S/C18H13BrFN3O/c19-13-2-1-3-16(11-13)23-18(24)12-8-9-21-17(10-12)22-15-6-4-14(20)5-7-15/h1-11H,(H,21,22)(H,23,24). The van der Waals surface area contributed by atoms with Crippen molar-refractivity contribution < 1.29 is 9.18 Å². The van der Waals surface area contributed by atoms with Gasteiger partial charge in [-0.15, -0.1) is 0 Å². The van der Waals surface area contributed by atoms with Crippen LogP contribution in [0.3, 0.4) is 0 Å². The van der Waals surface area contributed by atoms with Crippen molar-refractivity contribution in [2.24, 2.45) is 0 Å². The van der Waals surface area contributed by atoms with E-state index in [1.165, 1.54) is 12.1 Å². The lowest BCUT2D eigenvalue weighted by molar-refractivity contribution is 0.102. The van der Waals surface area contributed by atoms with Crippen molar-refractivity contribution in [2.75, 3.05) is 10.6 Å². The number of amides is 1. The Morgan fingerprint density at radius 2 is 1.79 bits per heavy atom. The van der Waals surface area contributed by atoms with Gasteiger partial charge < -0.3 is 10.6 Å². The second-order valence-corrected chi connectivity index (χ2v) is 5.94. The molecular formula is C18H13BrFN3O. The molecule has 0 radical (unpaired) electrons. The van der Waals surface area contributed by atoms with Crippen LogP contribution in [-0.4, -0.2) is 10.9 Å². The van der Waals surface area contributed by atoms with Crippen LogP contribution >= 0.6 is 15.9 Å². The first kappa shape index (κ1) is 16.1. The molecule has 2 N–H and O–H groups in total. The van der Waals surface area contributed by atoms with Crippen LogP contribution in [0.1, 0.15) is 10.4 Å². The molecule has 0 unspecified atom stereocenters. The summed E-state index contributed by atoms with van der Waals surface area (Å²) in [4.78, 5) is 16.5. The Hall–Kier alpha value is -2.73. The third kappa shape index (κ3) is 4.17. The second-order valence-electron chi connectivity index (χ2n) is 5.03. The lowest BCUT2D eigenvalue weighted by Gasteiger charge is -2.08. The number of halogens is 2. The maximum absolute atomic E-state index is 12.9. The number of hydrogen-bond donors (Lipinski definition) is 2. The Bertz CT molecular complexity index is 868. The molecule has 1 amide bonds. The Morgan fingerprint density at radius 3 is 2.54 bits per heavy atom. The van der Waals surface area contributed by atoms with Crippen LogP contribution < -0.4 is 10.6 Å². The van der Waals surface area contributed by atoms with Gasteiger partial charge in [-0.2, -0.15) is 0 Å². The van der Waals surface area contributed by atoms with Gasteiger partial charge in [0.05, 0.1) is 0 Å². The molecule has 1 heterocycles. The fourth-order valence-electron chi connectivity index (χ4n) is 2.09. The molecule has 120 valence electrons. The van der Waals surface area contributed by atoms with E-state index in [1.807, 2.05) is 24.3 Å². The topological polar surface area (TPSA) is 54.0 Å². The number of benzene rings is 2. The fourth-order valence-corrected chi connectivity index (χ4v) is 2.49. The van der Waals surface area contributed by atoms with Gasteiger partial charge in [-0.3, -0.25) is 4.79 Å². The molecule has 0 atom stereocenters. The van der Waals surface area contributed by atoms with E-state index in [1.54, 1.807) is 30.5 Å². The number of pyridine rings is 1. The summed E-state index contributed by atoms with van der Waals surface area (Å²) in [6.07, 6.45) is 1.54. The molecule has 3 aromatic rings. The molecule has 0 saturated carbocycles. The SMILES string of the molecule is O=C(Nc1cccc(Br)c1)c1ccnc(Nc2ccc(F)cc2)c1. The first-order chi connectivity index (χ1) is 11.6. The van der Waals surface area contributed by atoms with Crippen LogP contribution in [-0.2, 0) is 0 Å². The molecule has 0 spiro atoms. The minimum absolute atomic E-state index is 0.238. The Kier molecular flexibility index (Phi) is 4.86. The number of hydrogen-bond acceptors (Lipinski definition) is 3. The average molecular weight is 386 g/mol. The Morgan fingerprint density at radius 1 is 1.00 bits per heavy atom. The maximum atomic E-state index is 12.9. The van der Waals surface area contributed by atoms with E-state index in [-0.39, 0.29) is 11.7 Å². The first-order valence-electron chi connectivity index (χ1n) is 7.16. The Labute approximate surface area is 146 Å². The van der Waals surface area contributed by atoms with E-state index in [4.69, 9.17) is 0 Å². The van der Waals surface area contributed by atoms with Crippen LogP contribution in [0.15, 0.2) is 71.3 Å². The van der Waals surface area contributed by atoms with Crippen molar-refractivity contribution in [3.05, 3.63) is 82.7 Å². The zero-order valence-electron chi connectivity index (χ0n) is 12.5. The smallest absolute Gasteiger partial charge is 0.255 e. The predicted molar refractivity (Wildman–Crippen MR) is 96.0 cm³/mol. The van der Waals surface area contributed by atoms with Crippen LogP contribution in [0, 0.1) is 5.82 Å². The highest BCUT2D eigenvalue weighted by Crippen LogP contribution is 2.18. The van der Waals surface area contributed by atoms with E-state index >= 15 is 0 Å². The zero-order chi connectivity index (χ0) is 16.9. The van der Waals surface area contributed by atoms with Gasteiger partial charge >= 0.3 is 0 Å². The van der Waals surface area contributed by atoms with Gasteiger partial charge in [-0.05, 0) is 54.6 Å². The van der Waals surface area contributed by atoms with Crippen molar-refractivity contribution in [1.82, 2.24) is 4.98 Å². The molecule has 0 saturated heterocycles. The van der Waals surface area contributed by atoms with Gasteiger partial charge in [0.15, 0.2) is 0 Å². The number of anilines is 3. The summed E-state index contributed by atoms with van der Waals surface area (Å²) < 4.78 is 13.8. The molecule has 0 fully saturated rings. The molecule has 3 rings (SSSR count). The van der Waals surface area contributed by atoms with Crippen LogP contribution in [0.5, 0.6) is 0 Å². The highest BCUT2D eigenvalue weighted by molar-refractivity contribution is 9.10. The van der Waals surface area contributed by atoms with E-state index in [9.17, 15) is 9.18 Å². The van der Waals surface area contributed by atoms with Gasteiger partial charge in [-0.1, -0.05) is 22.0 Å². The largest absolute Gasteiger partial charge is 0.340 e. The Balaban J connectivity index is 1.74. The molecule has 2 aromatic carbocycles. The van der Waals surface area contributed by atoms with Crippen molar-refractivity contribution in [3.63, 3.8) is 0 Å². The molecule has 6 heteroatoms. The minimum Gasteiger partial charge on any atom is -0.340 e. The molecule has 24 heavy (non-hydrogen) atoms. The summed E-state index contributed by atoms with van der Waals surface area (Å²) in [5.74, 6) is -0.0446. The normalized spacial score (nSPS) is 10.2. The summed E-state index contributed by atoms with van der Waals surface area (Å²) in [5, 5.41) is 5.86. The van der Waals surface area contributed by atoms with Gasteiger partial charge in [-0.25, -0.2) is 9.37 Å². The summed E-state index contributed by atoms with van der Waals surface area (Å²) >= 11 is 3.36.